The van der Waals surface area contributed by atoms with Crippen LogP contribution in [-0.2, 0) is 4.79 Å². The molecule has 5 nitrogen and oxygen atoms in total. The van der Waals surface area contributed by atoms with Crippen molar-refractivity contribution in [2.75, 3.05) is 13.7 Å². The molecular weight excluding hydrogens is 277 g/mol. The number of nitrogens with zero attached hydrogens (tertiary/aromatic N) is 1. The third-order valence-corrected chi connectivity index (χ3v) is 3.82. The van der Waals surface area contributed by atoms with Gasteiger partial charge in [-0.1, -0.05) is 6.92 Å². The van der Waals surface area contributed by atoms with Crippen LogP contribution >= 0.6 is 0 Å². The van der Waals surface area contributed by atoms with Gasteiger partial charge >= 0.3 is 5.97 Å². The first kappa shape index (κ1) is 15.3. The van der Waals surface area contributed by atoms with Gasteiger partial charge in [0.2, 0.25) is 0 Å². The second-order valence-corrected chi connectivity index (χ2v) is 5.33. The number of carboxylic acids is 1. The van der Waals surface area contributed by atoms with Crippen LogP contribution in [0.3, 0.4) is 0 Å². The molecule has 1 aliphatic rings. The fourth-order valence-electron chi connectivity index (χ4n) is 2.57. The molecule has 114 valence electrons. The highest BCUT2D eigenvalue weighted by molar-refractivity contribution is 5.97. The molecule has 0 bridgehead atoms. The molecule has 1 N–H and O–H groups in total. The summed E-state index contributed by atoms with van der Waals surface area (Å²) >= 11 is 0. The highest BCUT2D eigenvalue weighted by atomic mass is 19.1. The Kier molecular flexibility index (Phi) is 4.45. The van der Waals surface area contributed by atoms with Crippen molar-refractivity contribution >= 4 is 11.9 Å². The second-order valence-electron chi connectivity index (χ2n) is 5.33. The van der Waals surface area contributed by atoms with Crippen molar-refractivity contribution in [3.8, 4) is 5.75 Å². The fraction of sp³-hybridized carbons (Fsp3) is 0.467. The van der Waals surface area contributed by atoms with Gasteiger partial charge in [-0.15, -0.1) is 0 Å². The molecule has 2 unspecified atom stereocenters. The van der Waals surface area contributed by atoms with E-state index in [1.165, 1.54) is 24.1 Å². The lowest BCUT2D eigenvalue weighted by molar-refractivity contribution is -0.144. The van der Waals surface area contributed by atoms with Gasteiger partial charge in [-0.25, -0.2) is 9.18 Å². The molecule has 21 heavy (non-hydrogen) atoms. The van der Waals surface area contributed by atoms with Crippen LogP contribution in [0.15, 0.2) is 18.2 Å². The predicted molar refractivity (Wildman–Crippen MR) is 73.8 cm³/mol. The summed E-state index contributed by atoms with van der Waals surface area (Å²) in [6, 6.07) is 3.03. The summed E-state index contributed by atoms with van der Waals surface area (Å²) < 4.78 is 18.9. The van der Waals surface area contributed by atoms with E-state index in [0.717, 1.165) is 6.07 Å². The maximum Gasteiger partial charge on any atom is 0.326 e. The molecule has 6 heteroatoms. The van der Waals surface area contributed by atoms with E-state index in [0.29, 0.717) is 25.1 Å². The third-order valence-electron chi connectivity index (χ3n) is 3.82. The standard InChI is InChI=1S/C15H18FNO4/c1-9-5-6-17(13(7-9)15(19)20)14(18)11-4-3-10(21-2)8-12(11)16/h3-4,8-9,13H,5-7H2,1-2H3,(H,19,20). The minimum absolute atomic E-state index is 0.128. The Labute approximate surface area is 122 Å². The lowest BCUT2D eigenvalue weighted by Crippen LogP contribution is -2.50. The Balaban J connectivity index is 2.27. The molecule has 1 fully saturated rings. The summed E-state index contributed by atoms with van der Waals surface area (Å²) in [5.41, 5.74) is -0.128. The SMILES string of the molecule is COc1ccc(C(=O)N2CCC(C)CC2C(=O)O)c(F)c1. The van der Waals surface area contributed by atoms with Crippen molar-refractivity contribution in [1.82, 2.24) is 4.90 Å². The lowest BCUT2D eigenvalue weighted by atomic mass is 9.92. The van der Waals surface area contributed by atoms with Crippen molar-refractivity contribution in [3.63, 3.8) is 0 Å². The number of methoxy groups -OCH3 is 1. The van der Waals surface area contributed by atoms with Crippen molar-refractivity contribution in [3.05, 3.63) is 29.6 Å². The number of amides is 1. The van der Waals surface area contributed by atoms with Gasteiger partial charge in [-0.05, 0) is 30.9 Å². The topological polar surface area (TPSA) is 66.8 Å². The highest BCUT2D eigenvalue weighted by Gasteiger charge is 2.35. The summed E-state index contributed by atoms with van der Waals surface area (Å²) in [6.45, 7) is 2.27. The van der Waals surface area contributed by atoms with E-state index in [1.54, 1.807) is 0 Å². The number of rotatable bonds is 3. The summed E-state index contributed by atoms with van der Waals surface area (Å²) in [7, 11) is 1.41. The monoisotopic (exact) mass is 295 g/mol. The largest absolute Gasteiger partial charge is 0.497 e. The molecule has 0 saturated carbocycles. The number of carbonyl (C=O) groups is 2. The summed E-state index contributed by atoms with van der Waals surface area (Å²) in [5, 5.41) is 9.27. The predicted octanol–water partition coefficient (Wildman–Crippen LogP) is 2.16. The Morgan fingerprint density at radius 2 is 2.14 bits per heavy atom. The molecule has 0 aliphatic carbocycles. The minimum atomic E-state index is -1.05. The molecule has 0 spiro atoms. The first-order valence-electron chi connectivity index (χ1n) is 6.81. The number of aliphatic carboxylic acids is 1. The van der Waals surface area contributed by atoms with Gasteiger partial charge in [-0.2, -0.15) is 0 Å². The van der Waals surface area contributed by atoms with Gasteiger partial charge in [0, 0.05) is 12.6 Å². The first-order chi connectivity index (χ1) is 9.93. The fourth-order valence-corrected chi connectivity index (χ4v) is 2.57. The average molecular weight is 295 g/mol. The zero-order chi connectivity index (χ0) is 15.6. The molecule has 0 radical (unpaired) electrons. The molecule has 1 saturated heterocycles. The number of hydrogen-bond acceptors (Lipinski definition) is 3. The molecule has 1 amide bonds. The number of piperidine rings is 1. The quantitative estimate of drug-likeness (QED) is 0.928. The van der Waals surface area contributed by atoms with Gasteiger partial charge in [0.25, 0.3) is 5.91 Å². The molecule has 1 aliphatic heterocycles. The molecule has 1 aromatic rings. The Bertz CT molecular complexity index is 561. The van der Waals surface area contributed by atoms with E-state index >= 15 is 0 Å². The van der Waals surface area contributed by atoms with Gasteiger partial charge in [0.15, 0.2) is 0 Å². The van der Waals surface area contributed by atoms with Crippen LogP contribution in [0.5, 0.6) is 5.75 Å². The summed E-state index contributed by atoms with van der Waals surface area (Å²) in [6.07, 6.45) is 1.10. The first-order valence-corrected chi connectivity index (χ1v) is 6.81. The van der Waals surface area contributed by atoms with E-state index < -0.39 is 23.7 Å². The van der Waals surface area contributed by atoms with Crippen molar-refractivity contribution in [2.45, 2.75) is 25.8 Å². The zero-order valence-electron chi connectivity index (χ0n) is 12.0. The molecule has 2 rings (SSSR count). The van der Waals surface area contributed by atoms with Crippen LogP contribution in [0.25, 0.3) is 0 Å². The van der Waals surface area contributed by atoms with Crippen molar-refractivity contribution in [2.24, 2.45) is 5.92 Å². The molecule has 1 heterocycles. The lowest BCUT2D eigenvalue weighted by Gasteiger charge is -2.36. The number of carbonyl (C=O) groups excluding carboxylic acids is 1. The average Bonchev–Trinajstić information content (AvgIpc) is 2.46. The van der Waals surface area contributed by atoms with E-state index in [4.69, 9.17) is 4.74 Å². The molecule has 0 aromatic heterocycles. The van der Waals surface area contributed by atoms with Crippen LogP contribution in [0.2, 0.25) is 0 Å². The molecule has 2 atom stereocenters. The number of carboxylic acid groups (broad SMARTS) is 1. The van der Waals surface area contributed by atoms with Crippen molar-refractivity contribution in [1.29, 1.82) is 0 Å². The van der Waals surface area contributed by atoms with Gasteiger partial charge in [0.1, 0.15) is 17.6 Å². The van der Waals surface area contributed by atoms with Crippen LogP contribution in [0.4, 0.5) is 4.39 Å². The normalized spacial score (nSPS) is 22.0. The third kappa shape index (κ3) is 3.15. The maximum absolute atomic E-state index is 14.0. The second kappa shape index (κ2) is 6.11. The highest BCUT2D eigenvalue weighted by Crippen LogP contribution is 2.26. The Hall–Kier alpha value is -2.11. The number of likely N-dealkylation sites (tertiary alicyclic amines) is 1. The van der Waals surface area contributed by atoms with Gasteiger partial charge in [-0.3, -0.25) is 4.79 Å². The van der Waals surface area contributed by atoms with Crippen LogP contribution in [-0.4, -0.2) is 41.6 Å². The zero-order valence-corrected chi connectivity index (χ0v) is 12.0. The summed E-state index contributed by atoms with van der Waals surface area (Å²) in [4.78, 5) is 25.0. The molecular formula is C15H18FNO4. The number of benzene rings is 1. The Morgan fingerprint density at radius 3 is 2.71 bits per heavy atom. The van der Waals surface area contributed by atoms with Crippen LogP contribution < -0.4 is 4.74 Å². The van der Waals surface area contributed by atoms with Crippen molar-refractivity contribution < 1.29 is 23.8 Å². The van der Waals surface area contributed by atoms with Gasteiger partial charge in [0.05, 0.1) is 12.7 Å². The summed E-state index contributed by atoms with van der Waals surface area (Å²) in [5.74, 6) is -1.80. The number of hydrogen-bond donors (Lipinski definition) is 1. The van der Waals surface area contributed by atoms with Crippen LogP contribution in [0.1, 0.15) is 30.1 Å². The molecule has 1 aromatic carbocycles. The minimum Gasteiger partial charge on any atom is -0.497 e. The number of ether oxygens (including phenoxy) is 1. The van der Waals surface area contributed by atoms with E-state index in [9.17, 15) is 19.1 Å². The van der Waals surface area contributed by atoms with Gasteiger partial charge < -0.3 is 14.7 Å². The van der Waals surface area contributed by atoms with E-state index in [2.05, 4.69) is 0 Å². The maximum atomic E-state index is 14.0. The Morgan fingerprint density at radius 1 is 1.43 bits per heavy atom. The van der Waals surface area contributed by atoms with E-state index in [-0.39, 0.29) is 11.5 Å². The van der Waals surface area contributed by atoms with Crippen LogP contribution in [0, 0.1) is 11.7 Å². The smallest absolute Gasteiger partial charge is 0.326 e. The van der Waals surface area contributed by atoms with E-state index in [1.807, 2.05) is 6.92 Å². The number of halogens is 1.